The number of benzene rings is 13. The van der Waals surface area contributed by atoms with Crippen LogP contribution in [0.1, 0.15) is 0 Å². The summed E-state index contributed by atoms with van der Waals surface area (Å²) in [5.74, 6) is 0. The first kappa shape index (κ1) is 74.8. The van der Waals surface area contributed by atoms with Crippen LogP contribution in [-0.2, 0) is 40.2 Å². The van der Waals surface area contributed by atoms with Gasteiger partial charge >= 0.3 is 40.2 Å². The van der Waals surface area contributed by atoms with Crippen LogP contribution in [0.15, 0.2) is 401 Å². The third-order valence-corrected chi connectivity index (χ3v) is 21.0. The van der Waals surface area contributed by atoms with Gasteiger partial charge in [0.05, 0.1) is 0 Å². The number of nitrogens with zero attached hydrogens (tertiary/aromatic N) is 6. The van der Waals surface area contributed by atoms with Gasteiger partial charge in [0, 0.05) is 37.2 Å². The van der Waals surface area contributed by atoms with E-state index >= 15 is 0 Å². The first-order valence-corrected chi connectivity index (χ1v) is 38.0. The summed E-state index contributed by atoms with van der Waals surface area (Å²) >= 11 is 0. The molecule has 0 bridgehead atoms. The van der Waals surface area contributed by atoms with Crippen LogP contribution in [0, 0.1) is 36.4 Å². The van der Waals surface area contributed by atoms with Gasteiger partial charge in [0.15, 0.2) is 0 Å². The fourth-order valence-corrected chi connectivity index (χ4v) is 15.3. The van der Waals surface area contributed by atoms with Crippen molar-refractivity contribution >= 4 is 0 Å². The molecule has 0 fully saturated rings. The van der Waals surface area contributed by atoms with Crippen molar-refractivity contribution < 1.29 is 40.2 Å². The van der Waals surface area contributed by atoms with Gasteiger partial charge in [-0.15, -0.1) is 119 Å². The largest absolute Gasteiger partial charge is 3.00 e. The third kappa shape index (κ3) is 15.7. The Morgan fingerprint density at radius 2 is 0.336 bits per heavy atom. The van der Waals surface area contributed by atoms with Crippen molar-refractivity contribution in [2.45, 2.75) is 0 Å². The Labute approximate surface area is 703 Å². The van der Waals surface area contributed by atoms with Gasteiger partial charge in [-0.25, -0.2) is 35.4 Å². The minimum absolute atomic E-state index is 0. The second kappa shape index (κ2) is 34.2. The molecule has 0 N–H and O–H groups in total. The zero-order valence-corrected chi connectivity index (χ0v) is 67.2. The summed E-state index contributed by atoms with van der Waals surface area (Å²) in [4.78, 5) is 28.7. The number of pyridine rings is 6. The molecule has 0 radical (unpaired) electrons. The maximum atomic E-state index is 5.13. The molecule has 0 atom stereocenters. The SMILES string of the molecule is [Ir+3].[Ir+3].[c-]1cc(-c2ccc(-c3ccccc3-c3cc(-c4ccccc4-c4c[c-]c(-c5ccccn5)cc4)cc(-c4ccccc4-c4c[c-]c(-c5ccccn5)cc4)c3)cn2)[c-]cc1-c1ccc(-c2ccccc2-c2cc(-c3ccccc3-c3c[c-]c(-c4ccccn4)cc3)cc(-c3ccccc3-c3c[c-]c(-c4ccccn4)cc3)c2)cn1. The van der Waals surface area contributed by atoms with Crippen LogP contribution in [0.4, 0.5) is 0 Å². The Balaban J connectivity index is 0.00000484. The van der Waals surface area contributed by atoms with Gasteiger partial charge in [0.25, 0.3) is 0 Å². The van der Waals surface area contributed by atoms with Crippen LogP contribution in [0.25, 0.3) is 201 Å². The Bertz CT molecular complexity index is 5930. The molecule has 8 heteroatoms. The number of hydrogen-bond donors (Lipinski definition) is 0. The minimum atomic E-state index is 0. The summed E-state index contributed by atoms with van der Waals surface area (Å²) < 4.78 is 0. The Kier molecular flexibility index (Phi) is 22.0. The number of rotatable bonds is 18. The van der Waals surface area contributed by atoms with Gasteiger partial charge in [0.2, 0.25) is 0 Å². The normalized spacial score (nSPS) is 11.0. The van der Waals surface area contributed by atoms with Crippen LogP contribution >= 0.6 is 0 Å². The van der Waals surface area contributed by atoms with Crippen LogP contribution < -0.4 is 0 Å². The van der Waals surface area contributed by atoms with Crippen molar-refractivity contribution in [3.8, 4) is 201 Å². The quantitative estimate of drug-likeness (QED) is 0.0797. The van der Waals surface area contributed by atoms with Gasteiger partial charge in [-0.05, 0) is 172 Å². The summed E-state index contributed by atoms with van der Waals surface area (Å²) in [6.07, 6.45) is 11.2. The van der Waals surface area contributed by atoms with E-state index in [1.807, 2.05) is 122 Å². The standard InChI is InChI=1S/C108H66N6.2Ir/c1-7-27-97(91(21-1)73-37-45-77(46-38-73)103-33-13-17-61-109-103)85-65-86(98-28-8-2-22-92(98)74-39-47-78(48-40-74)104-34-14-18-62-110-104)68-89(67-85)101-31-11-5-25-95(101)83-57-59-107(113-71-83)81-53-55-82(56-54-81)108-60-58-84(72-114-108)96-26-6-12-32-102(96)90-69-87(99-29-9-3-23-93(99)75-41-49-79(50-42-75)105-35-15-19-63-111-105)66-88(70-90)100-30-10-4-24-94(100)76-43-51-80(52-44-76)106-36-16-20-64-112-106;;/h1-45,47,49,51,53,56-72H;;/q-6;2*+3. The number of hydrogen-bond acceptors (Lipinski definition) is 6. The predicted molar refractivity (Wildman–Crippen MR) is 464 cm³/mol. The Morgan fingerprint density at radius 1 is 0.147 bits per heavy atom. The zero-order chi connectivity index (χ0) is 75.9. The van der Waals surface area contributed by atoms with Crippen molar-refractivity contribution in [1.29, 1.82) is 0 Å². The van der Waals surface area contributed by atoms with E-state index in [1.165, 1.54) is 0 Å². The van der Waals surface area contributed by atoms with Gasteiger partial charge < -0.3 is 29.9 Å². The maximum absolute atomic E-state index is 5.13. The molecule has 0 amide bonds. The monoisotopic (exact) mass is 1830 g/mol. The Morgan fingerprint density at radius 3 is 0.517 bits per heavy atom. The summed E-state index contributed by atoms with van der Waals surface area (Å²) in [7, 11) is 0. The molecule has 0 aliphatic carbocycles. The molecular weight excluding hydrogens is 1770 g/mol. The van der Waals surface area contributed by atoms with Crippen molar-refractivity contribution in [3.63, 3.8) is 0 Å². The third-order valence-electron chi connectivity index (χ3n) is 21.0. The summed E-state index contributed by atoms with van der Waals surface area (Å²) in [6, 6.07) is 149. The van der Waals surface area contributed by atoms with Crippen LogP contribution in [0.3, 0.4) is 0 Å². The van der Waals surface area contributed by atoms with Crippen molar-refractivity contribution in [2.24, 2.45) is 0 Å². The van der Waals surface area contributed by atoms with Gasteiger partial charge in [-0.2, -0.15) is 0 Å². The van der Waals surface area contributed by atoms with Gasteiger partial charge in [-0.1, -0.05) is 274 Å². The maximum Gasteiger partial charge on any atom is 3.00 e. The zero-order valence-electron chi connectivity index (χ0n) is 62.5. The van der Waals surface area contributed by atoms with Crippen molar-refractivity contribution in [2.75, 3.05) is 0 Å². The van der Waals surface area contributed by atoms with E-state index in [4.69, 9.17) is 9.97 Å². The summed E-state index contributed by atoms with van der Waals surface area (Å²) in [6.45, 7) is 0. The molecule has 6 nitrogen and oxygen atoms in total. The molecule has 0 aliphatic rings. The molecule has 6 aromatic heterocycles. The summed E-state index contributed by atoms with van der Waals surface area (Å²) in [5.41, 5.74) is 36.3. The van der Waals surface area contributed by atoms with E-state index < -0.39 is 0 Å². The van der Waals surface area contributed by atoms with E-state index in [0.717, 1.165) is 201 Å². The molecule has 546 valence electrons. The van der Waals surface area contributed by atoms with Gasteiger partial charge in [-0.3, -0.25) is 0 Å². The average molecular weight is 1830 g/mol. The number of aromatic nitrogens is 6. The van der Waals surface area contributed by atoms with E-state index in [2.05, 4.69) is 335 Å². The molecule has 116 heavy (non-hydrogen) atoms. The molecule has 0 saturated carbocycles. The molecule has 6 heterocycles. The molecule has 0 unspecified atom stereocenters. The van der Waals surface area contributed by atoms with E-state index in [0.29, 0.717) is 0 Å². The molecule has 0 saturated heterocycles. The molecule has 19 rings (SSSR count). The molecule has 0 spiro atoms. The van der Waals surface area contributed by atoms with Crippen molar-refractivity contribution in [3.05, 3.63) is 438 Å². The van der Waals surface area contributed by atoms with Crippen LogP contribution in [0.2, 0.25) is 0 Å². The first-order chi connectivity index (χ1) is 56.5. The summed E-state index contributed by atoms with van der Waals surface area (Å²) in [5, 5.41) is 0. The van der Waals surface area contributed by atoms with E-state index in [1.54, 1.807) is 0 Å². The van der Waals surface area contributed by atoms with Crippen molar-refractivity contribution in [1.82, 2.24) is 29.9 Å². The van der Waals surface area contributed by atoms with Gasteiger partial charge in [0.1, 0.15) is 0 Å². The second-order valence-electron chi connectivity index (χ2n) is 28.0. The minimum Gasteiger partial charge on any atom is -0.314 e. The fraction of sp³-hybridized carbons (Fsp3) is 0. The Hall–Kier alpha value is -13.9. The average Bonchev–Trinajstić information content (AvgIpc) is 0.769. The molecular formula is C108H66Ir2N6. The van der Waals surface area contributed by atoms with Crippen LogP contribution in [0.5, 0.6) is 0 Å². The topological polar surface area (TPSA) is 77.3 Å². The van der Waals surface area contributed by atoms with E-state index in [9.17, 15) is 0 Å². The smallest absolute Gasteiger partial charge is 0.314 e. The van der Waals surface area contributed by atoms with Crippen LogP contribution in [-0.4, -0.2) is 29.9 Å². The molecule has 19 aromatic rings. The fourth-order valence-electron chi connectivity index (χ4n) is 15.3. The molecule has 0 aliphatic heterocycles. The first-order valence-electron chi connectivity index (χ1n) is 38.0. The predicted octanol–water partition coefficient (Wildman–Crippen LogP) is 26.9. The van der Waals surface area contributed by atoms with E-state index in [-0.39, 0.29) is 40.2 Å². The second-order valence-corrected chi connectivity index (χ2v) is 28.0. The molecule has 13 aromatic carbocycles.